The molecule has 110 valence electrons. The van der Waals surface area contributed by atoms with Crippen LogP contribution in [-0.2, 0) is 0 Å². The second-order valence-corrected chi connectivity index (χ2v) is 6.54. The number of hydrogen-bond acceptors (Lipinski definition) is 4. The highest BCUT2D eigenvalue weighted by Gasteiger charge is 2.64. The third-order valence-corrected chi connectivity index (χ3v) is 5.04. The summed E-state index contributed by atoms with van der Waals surface area (Å²) in [5.41, 5.74) is 1.06. The average Bonchev–Trinajstić information content (AvgIpc) is 2.78. The van der Waals surface area contributed by atoms with E-state index in [1.165, 1.54) is 0 Å². The molecule has 1 saturated carbocycles. The minimum atomic E-state index is -0.184. The summed E-state index contributed by atoms with van der Waals surface area (Å²) >= 11 is 0. The number of carbonyl (C=O) groups is 1. The third-order valence-electron chi connectivity index (χ3n) is 5.04. The summed E-state index contributed by atoms with van der Waals surface area (Å²) in [6.45, 7) is 12.5. The maximum absolute atomic E-state index is 11.6. The first kappa shape index (κ1) is 14.8. The van der Waals surface area contributed by atoms with Crippen molar-refractivity contribution in [1.29, 1.82) is 0 Å². The highest BCUT2D eigenvalue weighted by atomic mass is 16.1. The lowest BCUT2D eigenvalue weighted by molar-refractivity contribution is 0.0950. The van der Waals surface area contributed by atoms with Crippen LogP contribution in [0.1, 0.15) is 45.1 Å². The Bertz CT molecular complexity index is 479. The second kappa shape index (κ2) is 5.04. The van der Waals surface area contributed by atoms with E-state index in [1.807, 2.05) is 6.92 Å². The Hall–Kier alpha value is -1.65. The first-order valence-corrected chi connectivity index (χ1v) is 7.16. The average molecular weight is 276 g/mol. The molecular formula is C15H24N4O. The van der Waals surface area contributed by atoms with E-state index in [-0.39, 0.29) is 5.91 Å². The highest BCUT2D eigenvalue weighted by molar-refractivity contribution is 5.92. The molecule has 0 bridgehead atoms. The quantitative estimate of drug-likeness (QED) is 0.866. The molecule has 5 nitrogen and oxygen atoms in total. The van der Waals surface area contributed by atoms with E-state index in [0.29, 0.717) is 29.0 Å². The standard InChI is InChI=1S/C15H24N4O/c1-6-16-13(20)10-7-8-12(19-18-10)17-9-11-14(2,3)15(11,4)5/h7-8,11H,6,9H2,1-5H3,(H,16,20)(H,17,19). The maximum Gasteiger partial charge on any atom is 0.271 e. The summed E-state index contributed by atoms with van der Waals surface area (Å²) < 4.78 is 0. The molecule has 0 unspecified atom stereocenters. The van der Waals surface area contributed by atoms with Crippen LogP contribution < -0.4 is 10.6 Å². The Labute approximate surface area is 120 Å². The van der Waals surface area contributed by atoms with E-state index in [0.717, 1.165) is 12.4 Å². The van der Waals surface area contributed by atoms with Crippen molar-refractivity contribution in [3.63, 3.8) is 0 Å². The molecule has 1 aromatic heterocycles. The van der Waals surface area contributed by atoms with Crippen LogP contribution >= 0.6 is 0 Å². The number of carbonyl (C=O) groups excluding carboxylic acids is 1. The highest BCUT2D eigenvalue weighted by Crippen LogP contribution is 2.68. The summed E-state index contributed by atoms with van der Waals surface area (Å²) in [5, 5.41) is 14.0. The summed E-state index contributed by atoms with van der Waals surface area (Å²) in [4.78, 5) is 11.6. The van der Waals surface area contributed by atoms with Crippen molar-refractivity contribution in [2.75, 3.05) is 18.4 Å². The first-order valence-electron chi connectivity index (χ1n) is 7.16. The van der Waals surface area contributed by atoms with Gasteiger partial charge in [-0.15, -0.1) is 10.2 Å². The zero-order chi connectivity index (χ0) is 15.0. The molecule has 20 heavy (non-hydrogen) atoms. The van der Waals surface area contributed by atoms with Crippen molar-refractivity contribution in [2.24, 2.45) is 16.7 Å². The van der Waals surface area contributed by atoms with Gasteiger partial charge in [0.15, 0.2) is 5.69 Å². The molecule has 0 aromatic carbocycles. The molecule has 0 atom stereocenters. The molecule has 0 saturated heterocycles. The number of rotatable bonds is 5. The molecule has 0 spiro atoms. The van der Waals surface area contributed by atoms with Crippen molar-refractivity contribution >= 4 is 11.7 Å². The fourth-order valence-electron chi connectivity index (χ4n) is 2.85. The number of anilines is 1. The fraction of sp³-hybridized carbons (Fsp3) is 0.667. The van der Waals surface area contributed by atoms with Crippen molar-refractivity contribution in [3.05, 3.63) is 17.8 Å². The van der Waals surface area contributed by atoms with Gasteiger partial charge in [-0.05, 0) is 35.8 Å². The molecule has 2 N–H and O–H groups in total. The molecule has 1 heterocycles. The number of hydrogen-bond donors (Lipinski definition) is 2. The molecule has 1 aliphatic rings. The number of aromatic nitrogens is 2. The van der Waals surface area contributed by atoms with Crippen LogP contribution in [0.4, 0.5) is 5.82 Å². The maximum atomic E-state index is 11.6. The van der Waals surface area contributed by atoms with E-state index in [2.05, 4.69) is 48.5 Å². The van der Waals surface area contributed by atoms with E-state index in [9.17, 15) is 4.79 Å². The van der Waals surface area contributed by atoms with Gasteiger partial charge in [-0.3, -0.25) is 4.79 Å². The summed E-state index contributed by atoms with van der Waals surface area (Å²) in [6, 6.07) is 3.50. The topological polar surface area (TPSA) is 66.9 Å². The van der Waals surface area contributed by atoms with Gasteiger partial charge in [0.05, 0.1) is 0 Å². The van der Waals surface area contributed by atoms with Crippen LogP contribution in [-0.4, -0.2) is 29.2 Å². The van der Waals surface area contributed by atoms with E-state index in [1.54, 1.807) is 12.1 Å². The molecule has 1 amide bonds. The van der Waals surface area contributed by atoms with Crippen LogP contribution in [0.15, 0.2) is 12.1 Å². The van der Waals surface area contributed by atoms with Gasteiger partial charge in [-0.2, -0.15) is 0 Å². The number of amides is 1. The lowest BCUT2D eigenvalue weighted by atomic mass is 10.0. The van der Waals surface area contributed by atoms with Gasteiger partial charge >= 0.3 is 0 Å². The second-order valence-electron chi connectivity index (χ2n) is 6.54. The molecule has 5 heteroatoms. The number of nitrogens with one attached hydrogen (secondary N) is 2. The molecule has 1 aromatic rings. The predicted octanol–water partition coefficient (Wildman–Crippen LogP) is 2.32. The number of nitrogens with zero attached hydrogens (tertiary/aromatic N) is 2. The Morgan fingerprint density at radius 2 is 1.85 bits per heavy atom. The Kier molecular flexibility index (Phi) is 3.71. The van der Waals surface area contributed by atoms with E-state index in [4.69, 9.17) is 0 Å². The summed E-state index contributed by atoms with van der Waals surface area (Å²) in [5.74, 6) is 1.16. The van der Waals surface area contributed by atoms with Gasteiger partial charge in [0.25, 0.3) is 5.91 Å². The van der Waals surface area contributed by atoms with Gasteiger partial charge in [0.2, 0.25) is 0 Å². The zero-order valence-corrected chi connectivity index (χ0v) is 12.9. The Balaban J connectivity index is 1.91. The van der Waals surface area contributed by atoms with Crippen LogP contribution in [0.2, 0.25) is 0 Å². The monoisotopic (exact) mass is 276 g/mol. The van der Waals surface area contributed by atoms with Gasteiger partial charge in [-0.1, -0.05) is 27.7 Å². The van der Waals surface area contributed by atoms with Crippen LogP contribution in [0.25, 0.3) is 0 Å². The van der Waals surface area contributed by atoms with Gasteiger partial charge in [-0.25, -0.2) is 0 Å². The van der Waals surface area contributed by atoms with Crippen molar-refractivity contribution in [1.82, 2.24) is 15.5 Å². The Morgan fingerprint density at radius 1 is 1.20 bits per heavy atom. The normalized spacial score (nSPS) is 19.4. The largest absolute Gasteiger partial charge is 0.368 e. The van der Waals surface area contributed by atoms with Gasteiger partial charge < -0.3 is 10.6 Å². The predicted molar refractivity (Wildman–Crippen MR) is 79.6 cm³/mol. The Morgan fingerprint density at radius 3 is 2.30 bits per heavy atom. The molecule has 1 aliphatic carbocycles. The molecule has 0 radical (unpaired) electrons. The van der Waals surface area contributed by atoms with Crippen LogP contribution in [0, 0.1) is 16.7 Å². The molecule has 0 aliphatic heterocycles. The van der Waals surface area contributed by atoms with E-state index >= 15 is 0 Å². The minimum Gasteiger partial charge on any atom is -0.368 e. The minimum absolute atomic E-state index is 0.184. The lowest BCUT2D eigenvalue weighted by Crippen LogP contribution is -2.24. The first-order chi connectivity index (χ1) is 9.30. The SMILES string of the molecule is CCNC(=O)c1ccc(NCC2C(C)(C)C2(C)C)nn1. The lowest BCUT2D eigenvalue weighted by Gasteiger charge is -2.07. The van der Waals surface area contributed by atoms with Crippen molar-refractivity contribution in [2.45, 2.75) is 34.6 Å². The smallest absolute Gasteiger partial charge is 0.271 e. The van der Waals surface area contributed by atoms with Crippen LogP contribution in [0.3, 0.4) is 0 Å². The van der Waals surface area contributed by atoms with Crippen molar-refractivity contribution < 1.29 is 4.79 Å². The fourth-order valence-corrected chi connectivity index (χ4v) is 2.85. The van der Waals surface area contributed by atoms with Gasteiger partial charge in [0.1, 0.15) is 5.82 Å². The van der Waals surface area contributed by atoms with E-state index < -0.39 is 0 Å². The van der Waals surface area contributed by atoms with Crippen molar-refractivity contribution in [3.8, 4) is 0 Å². The third kappa shape index (κ3) is 2.49. The van der Waals surface area contributed by atoms with Gasteiger partial charge in [0, 0.05) is 13.1 Å². The van der Waals surface area contributed by atoms with Crippen LogP contribution in [0.5, 0.6) is 0 Å². The summed E-state index contributed by atoms with van der Waals surface area (Å²) in [6.07, 6.45) is 0. The molecule has 2 rings (SSSR count). The molecular weight excluding hydrogens is 252 g/mol. The molecule has 1 fully saturated rings. The summed E-state index contributed by atoms with van der Waals surface area (Å²) in [7, 11) is 0. The zero-order valence-electron chi connectivity index (χ0n) is 12.9.